The molecule has 4 aromatic rings. The van der Waals surface area contributed by atoms with Crippen LogP contribution >= 0.6 is 0 Å². The zero-order valence-corrected chi connectivity index (χ0v) is 19.2. The van der Waals surface area contributed by atoms with E-state index in [1.807, 2.05) is 49.4 Å². The maximum Gasteiger partial charge on any atom is 0.260 e. The van der Waals surface area contributed by atoms with E-state index in [0.29, 0.717) is 23.6 Å². The van der Waals surface area contributed by atoms with Crippen molar-refractivity contribution in [2.75, 3.05) is 31.1 Å². The molecule has 0 bridgehead atoms. The van der Waals surface area contributed by atoms with E-state index in [1.54, 1.807) is 29.3 Å². The highest BCUT2D eigenvalue weighted by Gasteiger charge is 2.31. The average molecular weight is 457 g/mol. The summed E-state index contributed by atoms with van der Waals surface area (Å²) < 4.78 is 7.16. The number of hydrogen-bond acceptors (Lipinski definition) is 6. The molecule has 7 nitrogen and oxygen atoms in total. The van der Waals surface area contributed by atoms with Crippen LogP contribution in [-0.2, 0) is 6.54 Å². The Hall–Kier alpha value is -3.84. The van der Waals surface area contributed by atoms with E-state index < -0.39 is 0 Å². The standard InChI is InChI=1S/C27H28N4O3/c1-20-18-24(32)25(27(33)31(20)19-23-8-5-17-34-23)26(21-9-11-28-12-10-21)30-15-13-29(14-16-30)22-6-3-2-4-7-22/h2-12,17-18,26,32H,13-16,19H2,1H3. The topological polar surface area (TPSA) is 74.7 Å². The molecule has 7 heteroatoms. The van der Waals surface area contributed by atoms with Crippen LogP contribution in [-0.4, -0.2) is 45.7 Å². The lowest BCUT2D eigenvalue weighted by atomic mass is 9.96. The number of hydrogen-bond donors (Lipinski definition) is 1. The maximum atomic E-state index is 13.8. The molecule has 1 N–H and O–H groups in total. The number of benzene rings is 1. The first-order valence-electron chi connectivity index (χ1n) is 11.5. The number of aromatic nitrogens is 2. The van der Waals surface area contributed by atoms with E-state index in [1.165, 1.54) is 5.69 Å². The SMILES string of the molecule is Cc1cc(O)c(C(c2ccncc2)N2CCN(c3ccccc3)CC2)c(=O)n1Cc1ccco1. The average Bonchev–Trinajstić information content (AvgIpc) is 3.39. The van der Waals surface area contributed by atoms with Gasteiger partial charge in [0.25, 0.3) is 5.56 Å². The minimum Gasteiger partial charge on any atom is -0.507 e. The molecule has 1 fully saturated rings. The van der Waals surface area contributed by atoms with Crippen LogP contribution < -0.4 is 10.5 Å². The minimum atomic E-state index is -0.378. The third-order valence-corrected chi connectivity index (χ3v) is 6.51. The smallest absolute Gasteiger partial charge is 0.260 e. The van der Waals surface area contributed by atoms with Crippen LogP contribution in [0, 0.1) is 6.92 Å². The second-order valence-corrected chi connectivity index (χ2v) is 8.60. The lowest BCUT2D eigenvalue weighted by Crippen LogP contribution is -2.49. The van der Waals surface area contributed by atoms with Gasteiger partial charge in [-0.25, -0.2) is 0 Å². The van der Waals surface area contributed by atoms with Crippen LogP contribution in [0.3, 0.4) is 0 Å². The number of furan rings is 1. The summed E-state index contributed by atoms with van der Waals surface area (Å²) in [7, 11) is 0. The van der Waals surface area contributed by atoms with E-state index >= 15 is 0 Å². The van der Waals surface area contributed by atoms with Crippen molar-refractivity contribution in [3.8, 4) is 5.75 Å². The van der Waals surface area contributed by atoms with E-state index in [2.05, 4.69) is 26.9 Å². The first kappa shape index (κ1) is 22.0. The second-order valence-electron chi connectivity index (χ2n) is 8.60. The number of rotatable bonds is 6. The highest BCUT2D eigenvalue weighted by Crippen LogP contribution is 2.33. The summed E-state index contributed by atoms with van der Waals surface area (Å²) in [5, 5.41) is 11.0. The number of para-hydroxylation sites is 1. The molecular formula is C27H28N4O3. The lowest BCUT2D eigenvalue weighted by molar-refractivity contribution is 0.207. The van der Waals surface area contributed by atoms with Crippen LogP contribution in [0.4, 0.5) is 5.69 Å². The van der Waals surface area contributed by atoms with Crippen LogP contribution in [0.15, 0.2) is 88.5 Å². The first-order chi connectivity index (χ1) is 16.6. The van der Waals surface area contributed by atoms with Gasteiger partial charge in [0.05, 0.1) is 24.4 Å². The first-order valence-corrected chi connectivity index (χ1v) is 11.5. The fourth-order valence-corrected chi connectivity index (χ4v) is 4.76. The van der Waals surface area contributed by atoms with E-state index in [-0.39, 0.29) is 17.4 Å². The van der Waals surface area contributed by atoms with Crippen molar-refractivity contribution < 1.29 is 9.52 Å². The van der Waals surface area contributed by atoms with Crippen LogP contribution in [0.5, 0.6) is 5.75 Å². The van der Waals surface area contributed by atoms with Crippen molar-refractivity contribution in [1.82, 2.24) is 14.5 Å². The summed E-state index contributed by atoms with van der Waals surface area (Å²) in [5.74, 6) is 0.712. The lowest BCUT2D eigenvalue weighted by Gasteiger charge is -2.40. The van der Waals surface area contributed by atoms with Crippen molar-refractivity contribution in [2.45, 2.75) is 19.5 Å². The summed E-state index contributed by atoms with van der Waals surface area (Å²) in [4.78, 5) is 22.6. The predicted octanol–water partition coefficient (Wildman–Crippen LogP) is 3.81. The molecule has 3 aromatic heterocycles. The number of aryl methyl sites for hydroxylation is 1. The molecule has 1 unspecified atom stereocenters. The van der Waals surface area contributed by atoms with Crippen LogP contribution in [0.1, 0.15) is 28.6 Å². The van der Waals surface area contributed by atoms with Gasteiger partial charge in [-0.3, -0.25) is 14.7 Å². The predicted molar refractivity (Wildman–Crippen MR) is 131 cm³/mol. The Labute approximate surface area is 198 Å². The zero-order chi connectivity index (χ0) is 23.5. The molecule has 34 heavy (non-hydrogen) atoms. The van der Waals surface area contributed by atoms with E-state index in [0.717, 1.165) is 31.7 Å². The van der Waals surface area contributed by atoms with Gasteiger partial charge in [-0.05, 0) is 55.0 Å². The monoisotopic (exact) mass is 456 g/mol. The number of aromatic hydroxyl groups is 1. The number of piperazine rings is 1. The fourth-order valence-electron chi connectivity index (χ4n) is 4.76. The molecule has 5 rings (SSSR count). The Bertz CT molecular complexity index is 1280. The number of anilines is 1. The second kappa shape index (κ2) is 9.57. The molecule has 0 aliphatic carbocycles. The Morgan fingerprint density at radius 3 is 2.41 bits per heavy atom. The molecule has 174 valence electrons. The van der Waals surface area contributed by atoms with Crippen LogP contribution in [0.2, 0.25) is 0 Å². The molecule has 1 atom stereocenters. The van der Waals surface area contributed by atoms with Gasteiger partial charge in [-0.2, -0.15) is 0 Å². The summed E-state index contributed by atoms with van der Waals surface area (Å²) in [5.41, 5.74) is 2.99. The summed E-state index contributed by atoms with van der Waals surface area (Å²) in [6.45, 7) is 5.32. The Morgan fingerprint density at radius 1 is 1.00 bits per heavy atom. The molecule has 0 amide bonds. The van der Waals surface area contributed by atoms with Gasteiger partial charge in [-0.15, -0.1) is 0 Å². The molecule has 1 saturated heterocycles. The van der Waals surface area contributed by atoms with E-state index in [9.17, 15) is 9.90 Å². The summed E-state index contributed by atoms with van der Waals surface area (Å²) >= 11 is 0. The molecule has 0 radical (unpaired) electrons. The van der Waals surface area contributed by atoms with E-state index in [4.69, 9.17) is 4.42 Å². The fraction of sp³-hybridized carbons (Fsp3) is 0.259. The molecule has 0 saturated carbocycles. The van der Waals surface area contributed by atoms with Crippen molar-refractivity contribution in [2.24, 2.45) is 0 Å². The van der Waals surface area contributed by atoms with Crippen molar-refractivity contribution in [3.63, 3.8) is 0 Å². The summed E-state index contributed by atoms with van der Waals surface area (Å²) in [6.07, 6.45) is 5.06. The van der Waals surface area contributed by atoms with Crippen LogP contribution in [0.25, 0.3) is 0 Å². The van der Waals surface area contributed by atoms with Gasteiger partial charge in [-0.1, -0.05) is 18.2 Å². The Morgan fingerprint density at radius 2 is 1.74 bits per heavy atom. The normalized spacial score (nSPS) is 15.4. The summed E-state index contributed by atoms with van der Waals surface area (Å²) in [6, 6.07) is 19.2. The van der Waals surface area contributed by atoms with Crippen molar-refractivity contribution in [1.29, 1.82) is 0 Å². The van der Waals surface area contributed by atoms with Gasteiger partial charge in [0.15, 0.2) is 0 Å². The number of nitrogens with zero attached hydrogens (tertiary/aromatic N) is 4. The van der Waals surface area contributed by atoms with Gasteiger partial charge in [0, 0.05) is 50.0 Å². The molecule has 4 heterocycles. The third kappa shape index (κ3) is 4.34. The van der Waals surface area contributed by atoms with Gasteiger partial charge in [0.1, 0.15) is 11.5 Å². The highest BCUT2D eigenvalue weighted by atomic mass is 16.3. The van der Waals surface area contributed by atoms with Gasteiger partial charge < -0.3 is 19.0 Å². The highest BCUT2D eigenvalue weighted by molar-refractivity contribution is 5.47. The third-order valence-electron chi connectivity index (χ3n) is 6.51. The maximum absolute atomic E-state index is 13.8. The Balaban J connectivity index is 1.52. The molecule has 0 spiro atoms. The van der Waals surface area contributed by atoms with Gasteiger partial charge >= 0.3 is 0 Å². The van der Waals surface area contributed by atoms with Gasteiger partial charge in [0.2, 0.25) is 0 Å². The molecule has 1 aromatic carbocycles. The quantitative estimate of drug-likeness (QED) is 0.476. The molecule has 1 aliphatic rings. The Kier molecular flexibility index (Phi) is 6.18. The zero-order valence-electron chi connectivity index (χ0n) is 19.2. The molecular weight excluding hydrogens is 428 g/mol. The largest absolute Gasteiger partial charge is 0.507 e. The van der Waals surface area contributed by atoms with Crippen molar-refractivity contribution in [3.05, 3.63) is 112 Å². The number of pyridine rings is 2. The minimum absolute atomic E-state index is 0.0190. The van der Waals surface area contributed by atoms with Crippen molar-refractivity contribution >= 4 is 5.69 Å². The molecule has 1 aliphatic heterocycles.